The second-order valence-electron chi connectivity index (χ2n) is 7.05. The zero-order valence-corrected chi connectivity index (χ0v) is 17.0. The van der Waals surface area contributed by atoms with E-state index in [1.807, 2.05) is 47.8 Å². The summed E-state index contributed by atoms with van der Waals surface area (Å²) in [4.78, 5) is 27.0. The first kappa shape index (κ1) is 20.5. The normalized spacial score (nSPS) is 18.8. The number of nitrogens with two attached hydrogens (primary N) is 1. The molecule has 1 aliphatic rings. The average Bonchev–Trinajstić information content (AvgIpc) is 3.30. The van der Waals surface area contributed by atoms with Crippen LogP contribution in [0.1, 0.15) is 34.7 Å². The van der Waals surface area contributed by atoms with Crippen LogP contribution in [-0.2, 0) is 4.79 Å². The van der Waals surface area contributed by atoms with Crippen LogP contribution in [0.5, 0.6) is 0 Å². The monoisotopic (exact) mass is 414 g/mol. The van der Waals surface area contributed by atoms with Crippen LogP contribution < -0.4 is 5.73 Å². The summed E-state index contributed by atoms with van der Waals surface area (Å²) in [5.74, 6) is 0.201. The number of hydrogen-bond acceptors (Lipinski definition) is 4. The number of nitrogens with zero attached hydrogens (tertiary/aromatic N) is 1. The van der Waals surface area contributed by atoms with Crippen LogP contribution in [0.4, 0.5) is 0 Å². The molecule has 3 aromatic rings. The van der Waals surface area contributed by atoms with Crippen molar-refractivity contribution < 1.29 is 9.59 Å². The number of ketones is 1. The molecule has 1 aromatic heterocycles. The summed E-state index contributed by atoms with van der Waals surface area (Å²) < 4.78 is 1.10. The molecule has 0 radical (unpaired) electrons. The van der Waals surface area contributed by atoms with E-state index < -0.39 is 0 Å². The molecule has 2 aromatic carbocycles. The van der Waals surface area contributed by atoms with Crippen molar-refractivity contribution >= 4 is 45.5 Å². The molecular formula is C22H23ClN2O2S. The summed E-state index contributed by atoms with van der Waals surface area (Å²) in [7, 11) is 0. The van der Waals surface area contributed by atoms with Gasteiger partial charge in [0.25, 0.3) is 0 Å². The average molecular weight is 415 g/mol. The molecule has 4 rings (SSSR count). The van der Waals surface area contributed by atoms with Gasteiger partial charge in [0.2, 0.25) is 5.91 Å². The number of halogens is 1. The molecule has 0 saturated carbocycles. The third-order valence-corrected chi connectivity index (χ3v) is 6.26. The molecule has 0 unspecified atom stereocenters. The predicted molar refractivity (Wildman–Crippen MR) is 116 cm³/mol. The Hall–Kier alpha value is -2.21. The number of carbonyl (C=O) groups excluding carboxylic acids is 2. The molecule has 0 spiro atoms. The van der Waals surface area contributed by atoms with Gasteiger partial charge in [0.05, 0.1) is 0 Å². The lowest BCUT2D eigenvalue weighted by atomic mass is 9.95. The van der Waals surface area contributed by atoms with Crippen molar-refractivity contribution in [2.75, 3.05) is 13.1 Å². The van der Waals surface area contributed by atoms with Crippen molar-refractivity contribution in [3.8, 4) is 0 Å². The Kier molecular flexibility index (Phi) is 6.50. The number of hydrogen-bond donors (Lipinski definition) is 1. The Labute approximate surface area is 174 Å². The van der Waals surface area contributed by atoms with Crippen molar-refractivity contribution in [3.05, 3.63) is 71.1 Å². The van der Waals surface area contributed by atoms with E-state index in [1.165, 1.54) is 5.56 Å². The summed E-state index contributed by atoms with van der Waals surface area (Å²) >= 11 is 1.57. The third kappa shape index (κ3) is 4.12. The van der Waals surface area contributed by atoms with Gasteiger partial charge in [0.1, 0.15) is 0 Å². The van der Waals surface area contributed by atoms with Gasteiger partial charge in [-0.15, -0.1) is 23.7 Å². The van der Waals surface area contributed by atoms with Crippen molar-refractivity contribution in [3.63, 3.8) is 0 Å². The molecule has 2 N–H and O–H groups in total. The number of rotatable bonds is 5. The fraction of sp³-hybridized carbons (Fsp3) is 0.273. The number of thiophene rings is 1. The van der Waals surface area contributed by atoms with Crippen LogP contribution >= 0.6 is 23.7 Å². The topological polar surface area (TPSA) is 63.4 Å². The first-order valence-corrected chi connectivity index (χ1v) is 10.1. The summed E-state index contributed by atoms with van der Waals surface area (Å²) in [5, 5.41) is 2.88. The highest BCUT2D eigenvalue weighted by Crippen LogP contribution is 2.28. The van der Waals surface area contributed by atoms with E-state index in [-0.39, 0.29) is 48.9 Å². The van der Waals surface area contributed by atoms with Crippen molar-refractivity contribution in [2.24, 2.45) is 5.73 Å². The van der Waals surface area contributed by atoms with Gasteiger partial charge in [-0.25, -0.2) is 0 Å². The lowest BCUT2D eigenvalue weighted by Crippen LogP contribution is -2.32. The van der Waals surface area contributed by atoms with E-state index >= 15 is 0 Å². The molecule has 1 saturated heterocycles. The Morgan fingerprint density at radius 3 is 2.50 bits per heavy atom. The Bertz CT molecular complexity index is 973. The first-order valence-electron chi connectivity index (χ1n) is 9.21. The van der Waals surface area contributed by atoms with Crippen LogP contribution in [0, 0.1) is 0 Å². The van der Waals surface area contributed by atoms with Gasteiger partial charge in [0, 0.05) is 58.9 Å². The van der Waals surface area contributed by atoms with Crippen LogP contribution in [0.3, 0.4) is 0 Å². The first-order chi connectivity index (χ1) is 13.1. The van der Waals surface area contributed by atoms with Gasteiger partial charge in [-0.2, -0.15) is 0 Å². The molecule has 28 heavy (non-hydrogen) atoms. The van der Waals surface area contributed by atoms with Crippen molar-refractivity contribution in [1.29, 1.82) is 0 Å². The zero-order chi connectivity index (χ0) is 18.8. The van der Waals surface area contributed by atoms with Gasteiger partial charge in [0.15, 0.2) is 5.78 Å². The molecule has 1 fully saturated rings. The van der Waals surface area contributed by atoms with E-state index in [2.05, 4.69) is 12.1 Å². The van der Waals surface area contributed by atoms with Gasteiger partial charge in [-0.3, -0.25) is 9.59 Å². The highest BCUT2D eigenvalue weighted by Gasteiger charge is 2.33. The quantitative estimate of drug-likeness (QED) is 0.635. The van der Waals surface area contributed by atoms with Crippen LogP contribution in [0.25, 0.3) is 10.1 Å². The van der Waals surface area contributed by atoms with E-state index in [9.17, 15) is 9.59 Å². The summed E-state index contributed by atoms with van der Waals surface area (Å²) in [6, 6.07) is 17.9. The van der Waals surface area contributed by atoms with E-state index in [0.717, 1.165) is 15.6 Å². The SMILES string of the molecule is Cl.N[C@@H]1CN(C(=O)CCC(=O)c2csc3ccccc23)C[C@H]1c1ccccc1. The van der Waals surface area contributed by atoms with E-state index in [4.69, 9.17) is 5.73 Å². The molecule has 1 amide bonds. The zero-order valence-electron chi connectivity index (χ0n) is 15.4. The molecule has 1 aliphatic heterocycles. The highest BCUT2D eigenvalue weighted by molar-refractivity contribution is 7.17. The lowest BCUT2D eigenvalue weighted by molar-refractivity contribution is -0.130. The Morgan fingerprint density at radius 1 is 1.00 bits per heavy atom. The standard InChI is InChI=1S/C22H22N2O2S.ClH/c23-19-13-24(12-17(19)15-6-2-1-3-7-15)22(26)11-10-20(25)18-14-27-21-9-5-4-8-16(18)21;/h1-9,14,17,19H,10-13,23H2;1H/t17-,19+;/m0./s1. The molecule has 146 valence electrons. The summed E-state index contributed by atoms with van der Waals surface area (Å²) in [6.45, 7) is 1.17. The van der Waals surface area contributed by atoms with Crippen molar-refractivity contribution in [1.82, 2.24) is 4.90 Å². The van der Waals surface area contributed by atoms with Crippen LogP contribution in [0.15, 0.2) is 60.0 Å². The molecule has 6 heteroatoms. The minimum Gasteiger partial charge on any atom is -0.340 e. The van der Waals surface area contributed by atoms with Gasteiger partial charge >= 0.3 is 0 Å². The highest BCUT2D eigenvalue weighted by atomic mass is 35.5. The molecule has 0 aliphatic carbocycles. The maximum Gasteiger partial charge on any atom is 0.223 e. The smallest absolute Gasteiger partial charge is 0.223 e. The number of Topliss-reactive ketones (excluding diaryl/α,β-unsaturated/α-hetero) is 1. The minimum absolute atomic E-state index is 0. The fourth-order valence-corrected chi connectivity index (χ4v) is 4.76. The Morgan fingerprint density at radius 2 is 1.71 bits per heavy atom. The Balaban J connectivity index is 0.00000225. The van der Waals surface area contributed by atoms with Crippen LogP contribution in [0.2, 0.25) is 0 Å². The maximum atomic E-state index is 12.6. The molecule has 2 atom stereocenters. The third-order valence-electron chi connectivity index (χ3n) is 5.29. The lowest BCUT2D eigenvalue weighted by Gasteiger charge is -2.16. The molecule has 4 nitrogen and oxygen atoms in total. The molecule has 0 bridgehead atoms. The second-order valence-corrected chi connectivity index (χ2v) is 7.96. The molecule has 2 heterocycles. The fourth-order valence-electron chi connectivity index (χ4n) is 3.79. The molecular weight excluding hydrogens is 392 g/mol. The van der Waals surface area contributed by atoms with E-state index in [0.29, 0.717) is 13.1 Å². The number of likely N-dealkylation sites (tertiary alicyclic amines) is 1. The second kappa shape index (κ2) is 8.86. The van der Waals surface area contributed by atoms with E-state index in [1.54, 1.807) is 16.2 Å². The number of carbonyl (C=O) groups is 2. The predicted octanol–water partition coefficient (Wildman–Crippen LogP) is 4.24. The maximum absolute atomic E-state index is 12.6. The van der Waals surface area contributed by atoms with Crippen molar-refractivity contribution in [2.45, 2.75) is 24.8 Å². The number of fused-ring (bicyclic) bond motifs is 1. The summed E-state index contributed by atoms with van der Waals surface area (Å²) in [5.41, 5.74) is 8.17. The number of benzene rings is 2. The van der Waals surface area contributed by atoms with Gasteiger partial charge < -0.3 is 10.6 Å². The minimum atomic E-state index is -0.0622. The summed E-state index contributed by atoms with van der Waals surface area (Å²) in [6.07, 6.45) is 0.471. The van der Waals surface area contributed by atoms with Gasteiger partial charge in [-0.1, -0.05) is 48.5 Å². The number of amides is 1. The van der Waals surface area contributed by atoms with Gasteiger partial charge in [-0.05, 0) is 11.6 Å². The largest absolute Gasteiger partial charge is 0.340 e. The van der Waals surface area contributed by atoms with Crippen LogP contribution in [-0.4, -0.2) is 35.7 Å².